The van der Waals surface area contributed by atoms with Crippen molar-refractivity contribution in [3.63, 3.8) is 0 Å². The minimum absolute atomic E-state index is 0.379. The molecular formula is C13H8BrFN2O2S. The third-order valence-electron chi connectivity index (χ3n) is 2.85. The van der Waals surface area contributed by atoms with Crippen LogP contribution in [0.3, 0.4) is 0 Å². The Labute approximate surface area is 123 Å². The van der Waals surface area contributed by atoms with Gasteiger partial charge in [0.2, 0.25) is 0 Å². The molecule has 3 rings (SSSR count). The molecule has 4 nitrogen and oxygen atoms in total. The molecule has 0 fully saturated rings. The fraction of sp³-hybridized carbons (Fsp3) is 0. The maximum atomic E-state index is 13.0. The minimum Gasteiger partial charge on any atom is -0.338 e. The molecule has 0 aliphatic carbocycles. The first-order valence-corrected chi connectivity index (χ1v) is 7.81. The van der Waals surface area contributed by atoms with Crippen LogP contribution in [0.15, 0.2) is 51.8 Å². The van der Waals surface area contributed by atoms with Crippen molar-refractivity contribution in [3.05, 3.63) is 46.9 Å². The number of hydrogen-bond donors (Lipinski definition) is 1. The second-order valence-electron chi connectivity index (χ2n) is 4.21. The molecule has 0 atom stereocenters. The monoisotopic (exact) mass is 354 g/mol. The molecule has 0 bridgehead atoms. The summed E-state index contributed by atoms with van der Waals surface area (Å²) >= 11 is 3.35. The summed E-state index contributed by atoms with van der Waals surface area (Å²) in [7, 11) is -4.71. The Morgan fingerprint density at radius 3 is 2.45 bits per heavy atom. The molecule has 0 radical (unpaired) electrons. The van der Waals surface area contributed by atoms with Crippen LogP contribution in [-0.4, -0.2) is 18.4 Å². The molecule has 1 heterocycles. The number of rotatable bonds is 2. The van der Waals surface area contributed by atoms with Gasteiger partial charge in [0, 0.05) is 10.0 Å². The van der Waals surface area contributed by atoms with E-state index >= 15 is 0 Å². The summed E-state index contributed by atoms with van der Waals surface area (Å²) in [6.45, 7) is 0. The third-order valence-corrected chi connectivity index (χ3v) is 4.20. The number of imidazole rings is 1. The zero-order chi connectivity index (χ0) is 14.3. The van der Waals surface area contributed by atoms with Crippen molar-refractivity contribution in [1.82, 2.24) is 9.97 Å². The Balaban J connectivity index is 2.13. The van der Waals surface area contributed by atoms with Crippen molar-refractivity contribution in [3.8, 4) is 11.4 Å². The molecule has 102 valence electrons. The second-order valence-corrected chi connectivity index (χ2v) is 6.47. The van der Waals surface area contributed by atoms with Crippen LogP contribution in [0, 0.1) is 0 Å². The van der Waals surface area contributed by atoms with Gasteiger partial charge >= 0.3 is 10.2 Å². The van der Waals surface area contributed by atoms with E-state index in [0.29, 0.717) is 16.9 Å². The van der Waals surface area contributed by atoms with Crippen LogP contribution in [0.1, 0.15) is 0 Å². The standard InChI is InChI=1S/C13H8BrFN2O2S/c14-9-3-1-8(2-4-9)13-16-11-6-5-10(20(15,18)19)7-12(11)17-13/h1-7H,(H,16,17). The SMILES string of the molecule is O=S(=O)(F)c1ccc2nc(-c3ccc(Br)cc3)[nH]c2c1. The van der Waals surface area contributed by atoms with Gasteiger partial charge in [-0.25, -0.2) is 4.98 Å². The van der Waals surface area contributed by atoms with E-state index in [1.807, 2.05) is 24.3 Å². The van der Waals surface area contributed by atoms with Crippen molar-refractivity contribution in [2.75, 3.05) is 0 Å². The molecule has 0 aliphatic rings. The normalized spacial score (nSPS) is 11.9. The molecule has 2 aromatic carbocycles. The molecule has 20 heavy (non-hydrogen) atoms. The lowest BCUT2D eigenvalue weighted by Crippen LogP contribution is -1.90. The first-order valence-electron chi connectivity index (χ1n) is 5.64. The van der Waals surface area contributed by atoms with Crippen LogP contribution in [0.2, 0.25) is 0 Å². The van der Waals surface area contributed by atoms with E-state index < -0.39 is 10.2 Å². The molecule has 0 amide bonds. The number of nitrogens with zero attached hydrogens (tertiary/aromatic N) is 1. The number of nitrogens with one attached hydrogen (secondary N) is 1. The maximum absolute atomic E-state index is 13.0. The number of hydrogen-bond acceptors (Lipinski definition) is 3. The van der Waals surface area contributed by atoms with Crippen LogP contribution < -0.4 is 0 Å². The molecule has 0 unspecified atom stereocenters. The predicted molar refractivity (Wildman–Crippen MR) is 77.5 cm³/mol. The first kappa shape index (κ1) is 13.3. The lowest BCUT2D eigenvalue weighted by Gasteiger charge is -1.95. The third kappa shape index (κ3) is 2.46. The summed E-state index contributed by atoms with van der Waals surface area (Å²) in [4.78, 5) is 6.96. The molecule has 0 saturated heterocycles. The van der Waals surface area contributed by atoms with Crippen LogP contribution in [0.5, 0.6) is 0 Å². The van der Waals surface area contributed by atoms with E-state index in [-0.39, 0.29) is 4.90 Å². The van der Waals surface area contributed by atoms with Gasteiger partial charge in [0.25, 0.3) is 0 Å². The zero-order valence-corrected chi connectivity index (χ0v) is 12.4. The smallest absolute Gasteiger partial charge is 0.332 e. The molecule has 1 aromatic heterocycles. The topological polar surface area (TPSA) is 62.8 Å². The number of halogens is 2. The Morgan fingerprint density at radius 1 is 1.10 bits per heavy atom. The van der Waals surface area contributed by atoms with Crippen molar-refractivity contribution in [2.45, 2.75) is 4.90 Å². The Morgan fingerprint density at radius 2 is 1.80 bits per heavy atom. The molecule has 1 N–H and O–H groups in total. The van der Waals surface area contributed by atoms with Crippen molar-refractivity contribution < 1.29 is 12.3 Å². The van der Waals surface area contributed by atoms with Gasteiger partial charge in [-0.05, 0) is 30.3 Å². The van der Waals surface area contributed by atoms with Crippen LogP contribution in [0.25, 0.3) is 22.4 Å². The van der Waals surface area contributed by atoms with Crippen LogP contribution in [0.4, 0.5) is 3.89 Å². The summed E-state index contributed by atoms with van der Waals surface area (Å²) in [5.41, 5.74) is 1.91. The molecular weight excluding hydrogens is 347 g/mol. The number of aromatic amines is 1. The predicted octanol–water partition coefficient (Wildman–Crippen LogP) is 3.65. The summed E-state index contributed by atoms with van der Waals surface area (Å²) in [6, 6.07) is 11.4. The molecule has 0 saturated carbocycles. The number of fused-ring (bicyclic) bond motifs is 1. The van der Waals surface area contributed by atoms with Gasteiger partial charge in [-0.1, -0.05) is 28.1 Å². The largest absolute Gasteiger partial charge is 0.338 e. The van der Waals surface area contributed by atoms with Gasteiger partial charge < -0.3 is 4.98 Å². The van der Waals surface area contributed by atoms with Gasteiger partial charge in [-0.15, -0.1) is 3.89 Å². The average Bonchev–Trinajstić information content (AvgIpc) is 2.81. The van der Waals surface area contributed by atoms with Crippen molar-refractivity contribution in [1.29, 1.82) is 0 Å². The summed E-state index contributed by atoms with van der Waals surface area (Å²) in [6.07, 6.45) is 0. The second kappa shape index (κ2) is 4.68. The van der Waals surface area contributed by atoms with E-state index in [1.165, 1.54) is 18.2 Å². The fourth-order valence-electron chi connectivity index (χ4n) is 1.88. The quantitative estimate of drug-likeness (QED) is 0.714. The molecule has 3 aromatic rings. The maximum Gasteiger partial charge on any atom is 0.332 e. The van der Waals surface area contributed by atoms with E-state index in [9.17, 15) is 12.3 Å². The zero-order valence-electron chi connectivity index (χ0n) is 9.97. The van der Waals surface area contributed by atoms with Gasteiger partial charge in [-0.2, -0.15) is 8.42 Å². The van der Waals surface area contributed by atoms with Gasteiger partial charge in [0.05, 0.1) is 11.0 Å². The van der Waals surface area contributed by atoms with E-state index in [2.05, 4.69) is 25.9 Å². The molecule has 0 spiro atoms. The van der Waals surface area contributed by atoms with E-state index in [0.717, 1.165) is 10.0 Å². The highest BCUT2D eigenvalue weighted by atomic mass is 79.9. The van der Waals surface area contributed by atoms with E-state index in [4.69, 9.17) is 0 Å². The number of H-pyrrole nitrogens is 1. The highest BCUT2D eigenvalue weighted by Gasteiger charge is 2.14. The highest BCUT2D eigenvalue weighted by molar-refractivity contribution is 9.10. The Hall–Kier alpha value is -1.73. The first-order chi connectivity index (χ1) is 9.43. The number of benzene rings is 2. The van der Waals surface area contributed by atoms with Gasteiger partial charge in [-0.3, -0.25) is 0 Å². The van der Waals surface area contributed by atoms with Crippen LogP contribution >= 0.6 is 15.9 Å². The molecule has 0 aliphatic heterocycles. The summed E-state index contributed by atoms with van der Waals surface area (Å²) in [5, 5.41) is 0. The summed E-state index contributed by atoms with van der Waals surface area (Å²) in [5.74, 6) is 0.598. The highest BCUT2D eigenvalue weighted by Crippen LogP contribution is 2.24. The van der Waals surface area contributed by atoms with Crippen molar-refractivity contribution in [2.24, 2.45) is 0 Å². The number of aromatic nitrogens is 2. The van der Waals surface area contributed by atoms with E-state index in [1.54, 1.807) is 0 Å². The van der Waals surface area contributed by atoms with Gasteiger partial charge in [0.1, 0.15) is 10.7 Å². The van der Waals surface area contributed by atoms with Crippen molar-refractivity contribution >= 4 is 37.2 Å². The lowest BCUT2D eigenvalue weighted by atomic mass is 10.2. The molecule has 7 heteroatoms. The summed E-state index contributed by atoms with van der Waals surface area (Å²) < 4.78 is 35.7. The van der Waals surface area contributed by atoms with Gasteiger partial charge in [0.15, 0.2) is 0 Å². The minimum atomic E-state index is -4.71. The van der Waals surface area contributed by atoms with Crippen LogP contribution in [-0.2, 0) is 10.2 Å². The average molecular weight is 355 g/mol. The Kier molecular flexibility index (Phi) is 3.10. The Bertz CT molecular complexity index is 888. The lowest BCUT2D eigenvalue weighted by molar-refractivity contribution is 0.552. The fourth-order valence-corrected chi connectivity index (χ4v) is 2.64.